The highest BCUT2D eigenvalue weighted by Crippen LogP contribution is 2.33. The average Bonchev–Trinajstić information content (AvgIpc) is 2.75. The molecule has 0 bridgehead atoms. The Balaban J connectivity index is 2.50. The number of carbonyl (C=O) groups excluding carboxylic acids is 1. The van der Waals surface area contributed by atoms with E-state index in [-0.39, 0.29) is 11.9 Å². The highest BCUT2D eigenvalue weighted by Gasteiger charge is 2.35. The van der Waals surface area contributed by atoms with Crippen LogP contribution in [0, 0.1) is 17.8 Å². The second kappa shape index (κ2) is 7.70. The van der Waals surface area contributed by atoms with Crippen LogP contribution in [-0.2, 0) is 9.53 Å². The van der Waals surface area contributed by atoms with Crippen LogP contribution in [0.15, 0.2) is 0 Å². The molecule has 3 atom stereocenters. The smallest absolute Gasteiger partial charge is 0.309 e. The van der Waals surface area contributed by atoms with Crippen LogP contribution >= 0.6 is 0 Å². The zero-order valence-corrected chi connectivity index (χ0v) is 11.5. The van der Waals surface area contributed by atoms with E-state index in [4.69, 9.17) is 4.74 Å². The van der Waals surface area contributed by atoms with Gasteiger partial charge in [-0.15, -0.1) is 0 Å². The molecule has 100 valence electrons. The summed E-state index contributed by atoms with van der Waals surface area (Å²) in [6.07, 6.45) is 5.82. The summed E-state index contributed by atoms with van der Waals surface area (Å²) in [6, 6.07) is 0. The van der Waals surface area contributed by atoms with E-state index in [0.717, 1.165) is 13.0 Å². The van der Waals surface area contributed by atoms with E-state index < -0.39 is 0 Å². The number of esters is 1. The summed E-state index contributed by atoms with van der Waals surface area (Å²) in [6.45, 7) is 6.12. The zero-order chi connectivity index (χ0) is 12.7. The van der Waals surface area contributed by atoms with Gasteiger partial charge in [0, 0.05) is 0 Å². The predicted molar refractivity (Wildman–Crippen MR) is 69.8 cm³/mol. The van der Waals surface area contributed by atoms with Crippen molar-refractivity contribution in [3.63, 3.8) is 0 Å². The lowest BCUT2D eigenvalue weighted by molar-refractivity contribution is -0.143. The summed E-state index contributed by atoms with van der Waals surface area (Å²) in [5, 5.41) is 3.22. The molecule has 1 aliphatic heterocycles. The number of hydrogen-bond donors (Lipinski definition) is 1. The molecule has 3 unspecified atom stereocenters. The first kappa shape index (κ1) is 14.5. The summed E-state index contributed by atoms with van der Waals surface area (Å²) in [7, 11) is 1.99. The Morgan fingerprint density at radius 3 is 2.76 bits per heavy atom. The first-order valence-electron chi connectivity index (χ1n) is 7.02. The van der Waals surface area contributed by atoms with Crippen LogP contribution in [0.5, 0.6) is 0 Å². The normalized spacial score (nSPS) is 23.5. The second-order valence-electron chi connectivity index (χ2n) is 5.22. The Kier molecular flexibility index (Phi) is 6.56. The Morgan fingerprint density at radius 2 is 2.24 bits per heavy atom. The molecule has 0 amide bonds. The summed E-state index contributed by atoms with van der Waals surface area (Å²) in [5.41, 5.74) is 0. The third-order valence-electron chi connectivity index (χ3n) is 4.05. The van der Waals surface area contributed by atoms with Crippen LogP contribution < -0.4 is 5.32 Å². The van der Waals surface area contributed by atoms with Gasteiger partial charge in [-0.1, -0.05) is 33.1 Å². The van der Waals surface area contributed by atoms with Gasteiger partial charge in [-0.25, -0.2) is 0 Å². The minimum absolute atomic E-state index is 0.0310. The van der Waals surface area contributed by atoms with Gasteiger partial charge >= 0.3 is 5.97 Å². The van der Waals surface area contributed by atoms with Crippen LogP contribution in [0.25, 0.3) is 0 Å². The zero-order valence-electron chi connectivity index (χ0n) is 11.5. The van der Waals surface area contributed by atoms with Gasteiger partial charge in [-0.2, -0.15) is 0 Å². The molecule has 3 nitrogen and oxygen atoms in total. The number of unbranched alkanes of at least 4 members (excludes halogenated alkanes) is 1. The standard InChI is InChI=1S/C14H27NO2/c1-4-5-6-12(7-9-15-3)11(2)13-8-10-17-14(13)16/h11-13,15H,4-10H2,1-3H3. The van der Waals surface area contributed by atoms with E-state index in [1.807, 2.05) is 7.05 Å². The van der Waals surface area contributed by atoms with Gasteiger partial charge in [0.05, 0.1) is 12.5 Å². The van der Waals surface area contributed by atoms with E-state index in [1.165, 1.54) is 25.7 Å². The molecule has 1 heterocycles. The summed E-state index contributed by atoms with van der Waals surface area (Å²) >= 11 is 0. The van der Waals surface area contributed by atoms with Gasteiger partial charge in [0.1, 0.15) is 0 Å². The molecule has 0 aliphatic carbocycles. The summed E-state index contributed by atoms with van der Waals surface area (Å²) in [5.74, 6) is 1.29. The molecule has 1 rings (SSSR count). The molecule has 0 aromatic heterocycles. The van der Waals surface area contributed by atoms with Crippen molar-refractivity contribution in [2.24, 2.45) is 17.8 Å². The van der Waals surface area contributed by atoms with E-state index in [1.54, 1.807) is 0 Å². The van der Waals surface area contributed by atoms with Gasteiger partial charge in [0.2, 0.25) is 0 Å². The maximum absolute atomic E-state index is 11.6. The molecule has 17 heavy (non-hydrogen) atoms. The van der Waals surface area contributed by atoms with E-state index in [0.29, 0.717) is 18.4 Å². The van der Waals surface area contributed by atoms with Crippen LogP contribution in [0.4, 0.5) is 0 Å². The molecule has 0 spiro atoms. The van der Waals surface area contributed by atoms with Gasteiger partial charge in [0.15, 0.2) is 0 Å². The van der Waals surface area contributed by atoms with Gasteiger partial charge in [0.25, 0.3) is 0 Å². The minimum atomic E-state index is 0.0310. The molecule has 1 saturated heterocycles. The van der Waals surface area contributed by atoms with E-state index in [2.05, 4.69) is 19.2 Å². The van der Waals surface area contributed by atoms with Crippen molar-refractivity contribution < 1.29 is 9.53 Å². The van der Waals surface area contributed by atoms with Crippen molar-refractivity contribution in [1.82, 2.24) is 5.32 Å². The molecule has 0 aromatic rings. The first-order chi connectivity index (χ1) is 8.20. The number of nitrogens with one attached hydrogen (secondary N) is 1. The minimum Gasteiger partial charge on any atom is -0.465 e. The predicted octanol–water partition coefficient (Wildman–Crippen LogP) is 2.60. The largest absolute Gasteiger partial charge is 0.465 e. The second-order valence-corrected chi connectivity index (χ2v) is 5.22. The fourth-order valence-corrected chi connectivity index (χ4v) is 2.78. The summed E-state index contributed by atoms with van der Waals surface area (Å²) < 4.78 is 5.09. The number of hydrogen-bond acceptors (Lipinski definition) is 3. The number of cyclic esters (lactones) is 1. The monoisotopic (exact) mass is 241 g/mol. The Bertz CT molecular complexity index is 222. The van der Waals surface area contributed by atoms with Crippen molar-refractivity contribution in [2.75, 3.05) is 20.2 Å². The van der Waals surface area contributed by atoms with Crippen molar-refractivity contribution in [3.8, 4) is 0 Å². The molecule has 1 fully saturated rings. The molecule has 0 aromatic carbocycles. The lowest BCUT2D eigenvalue weighted by atomic mass is 9.78. The van der Waals surface area contributed by atoms with Crippen LogP contribution in [0.3, 0.4) is 0 Å². The Hall–Kier alpha value is -0.570. The molecule has 3 heteroatoms. The molecule has 1 N–H and O–H groups in total. The first-order valence-corrected chi connectivity index (χ1v) is 7.02. The highest BCUT2D eigenvalue weighted by atomic mass is 16.5. The fraction of sp³-hybridized carbons (Fsp3) is 0.929. The quantitative estimate of drug-likeness (QED) is 0.664. The number of rotatable bonds is 8. The van der Waals surface area contributed by atoms with Gasteiger partial charge < -0.3 is 10.1 Å². The number of ether oxygens (including phenoxy) is 1. The van der Waals surface area contributed by atoms with Gasteiger partial charge in [-0.3, -0.25) is 4.79 Å². The Labute approximate surface area is 105 Å². The van der Waals surface area contributed by atoms with E-state index >= 15 is 0 Å². The molecule has 0 saturated carbocycles. The summed E-state index contributed by atoms with van der Waals surface area (Å²) in [4.78, 5) is 11.6. The highest BCUT2D eigenvalue weighted by molar-refractivity contribution is 5.74. The number of carbonyl (C=O) groups is 1. The molecular weight excluding hydrogens is 214 g/mol. The van der Waals surface area contributed by atoms with Crippen molar-refractivity contribution in [1.29, 1.82) is 0 Å². The molecule has 0 radical (unpaired) electrons. The van der Waals surface area contributed by atoms with Crippen LogP contribution in [0.2, 0.25) is 0 Å². The topological polar surface area (TPSA) is 38.3 Å². The van der Waals surface area contributed by atoms with Crippen molar-refractivity contribution in [2.45, 2.75) is 46.0 Å². The lowest BCUT2D eigenvalue weighted by Crippen LogP contribution is -2.27. The van der Waals surface area contributed by atoms with Crippen LogP contribution in [0.1, 0.15) is 46.0 Å². The lowest BCUT2D eigenvalue weighted by Gasteiger charge is -2.26. The van der Waals surface area contributed by atoms with Gasteiger partial charge in [-0.05, 0) is 38.3 Å². The van der Waals surface area contributed by atoms with Crippen molar-refractivity contribution >= 4 is 5.97 Å². The van der Waals surface area contributed by atoms with E-state index in [9.17, 15) is 4.79 Å². The molecule has 1 aliphatic rings. The van der Waals surface area contributed by atoms with Crippen LogP contribution in [-0.4, -0.2) is 26.2 Å². The maximum Gasteiger partial charge on any atom is 0.309 e. The third kappa shape index (κ3) is 4.30. The fourth-order valence-electron chi connectivity index (χ4n) is 2.78. The average molecular weight is 241 g/mol. The third-order valence-corrected chi connectivity index (χ3v) is 4.05. The Morgan fingerprint density at radius 1 is 1.47 bits per heavy atom. The SMILES string of the molecule is CCCCC(CCNC)C(C)C1CCOC1=O. The maximum atomic E-state index is 11.6. The molecular formula is C14H27NO2. The van der Waals surface area contributed by atoms with Crippen molar-refractivity contribution in [3.05, 3.63) is 0 Å².